The van der Waals surface area contributed by atoms with E-state index in [0.717, 1.165) is 22.2 Å². The molecule has 0 radical (unpaired) electrons. The Hall–Kier alpha value is -2.80. The van der Waals surface area contributed by atoms with Crippen LogP contribution in [0.2, 0.25) is 0 Å². The van der Waals surface area contributed by atoms with Crippen molar-refractivity contribution in [3.05, 3.63) is 47.8 Å². The highest BCUT2D eigenvalue weighted by atomic mass is 16.3. The van der Waals surface area contributed by atoms with Crippen LogP contribution in [-0.2, 0) is 0 Å². The zero-order valence-corrected chi connectivity index (χ0v) is 12.0. The van der Waals surface area contributed by atoms with E-state index in [0.29, 0.717) is 11.5 Å². The van der Waals surface area contributed by atoms with E-state index in [-0.39, 0.29) is 5.75 Å². The molecule has 0 bridgehead atoms. The molecule has 1 saturated carbocycles. The number of hydrogen-bond acceptors (Lipinski definition) is 3. The summed E-state index contributed by atoms with van der Waals surface area (Å²) in [7, 11) is 0. The molecule has 0 atom stereocenters. The number of phenolic OH excluding ortho intramolecular Hbond substituents is 1. The third kappa shape index (κ3) is 1.94. The second-order valence-electron chi connectivity index (χ2n) is 5.83. The SMILES string of the molecule is N#Cc1cc(O)ccc1-c1cnc2[nH]cc(C3CCC3)c2c1. The van der Waals surface area contributed by atoms with Gasteiger partial charge in [0.2, 0.25) is 0 Å². The van der Waals surface area contributed by atoms with Crippen LogP contribution in [0.4, 0.5) is 0 Å². The maximum atomic E-state index is 9.54. The first-order valence-electron chi connectivity index (χ1n) is 7.47. The van der Waals surface area contributed by atoms with Crippen molar-refractivity contribution in [2.45, 2.75) is 25.2 Å². The summed E-state index contributed by atoms with van der Waals surface area (Å²) in [5.74, 6) is 0.729. The van der Waals surface area contributed by atoms with Gasteiger partial charge in [-0.25, -0.2) is 4.98 Å². The number of aromatic nitrogens is 2. The van der Waals surface area contributed by atoms with Crippen LogP contribution in [-0.4, -0.2) is 15.1 Å². The molecular formula is C18H15N3O. The number of aromatic hydroxyl groups is 1. The van der Waals surface area contributed by atoms with Gasteiger partial charge in [-0.3, -0.25) is 0 Å². The number of hydrogen-bond donors (Lipinski definition) is 2. The lowest BCUT2D eigenvalue weighted by molar-refractivity contribution is 0.422. The summed E-state index contributed by atoms with van der Waals surface area (Å²) >= 11 is 0. The highest BCUT2D eigenvalue weighted by Crippen LogP contribution is 2.40. The van der Waals surface area contributed by atoms with Crippen molar-refractivity contribution in [1.29, 1.82) is 5.26 Å². The lowest BCUT2D eigenvalue weighted by atomic mass is 9.80. The van der Waals surface area contributed by atoms with Gasteiger partial charge in [0.1, 0.15) is 11.4 Å². The molecule has 4 nitrogen and oxygen atoms in total. The number of aromatic amines is 1. The lowest BCUT2D eigenvalue weighted by Crippen LogP contribution is -2.07. The van der Waals surface area contributed by atoms with Crippen molar-refractivity contribution in [3.8, 4) is 22.9 Å². The molecule has 4 rings (SSSR count). The number of phenols is 1. The molecule has 2 aromatic heterocycles. The number of benzene rings is 1. The van der Waals surface area contributed by atoms with Gasteiger partial charge in [0.05, 0.1) is 11.6 Å². The molecule has 22 heavy (non-hydrogen) atoms. The van der Waals surface area contributed by atoms with E-state index >= 15 is 0 Å². The van der Waals surface area contributed by atoms with Crippen molar-refractivity contribution < 1.29 is 5.11 Å². The maximum Gasteiger partial charge on any atom is 0.137 e. The third-order valence-electron chi connectivity index (χ3n) is 4.54. The summed E-state index contributed by atoms with van der Waals surface area (Å²) < 4.78 is 0. The molecule has 0 unspecified atom stereocenters. The Balaban J connectivity index is 1.87. The normalized spacial score (nSPS) is 14.7. The zero-order chi connectivity index (χ0) is 15.1. The number of H-pyrrole nitrogens is 1. The predicted molar refractivity (Wildman–Crippen MR) is 84.5 cm³/mol. The summed E-state index contributed by atoms with van der Waals surface area (Å²) in [6, 6.07) is 9.10. The van der Waals surface area contributed by atoms with Crippen LogP contribution in [0.25, 0.3) is 22.2 Å². The van der Waals surface area contributed by atoms with Gasteiger partial charge in [0.15, 0.2) is 0 Å². The molecule has 1 aliphatic carbocycles. The second-order valence-corrected chi connectivity index (χ2v) is 5.83. The van der Waals surface area contributed by atoms with E-state index in [2.05, 4.69) is 28.3 Å². The quantitative estimate of drug-likeness (QED) is 0.746. The van der Waals surface area contributed by atoms with E-state index in [1.54, 1.807) is 18.3 Å². The number of nitrogens with zero attached hydrogens (tertiary/aromatic N) is 2. The van der Waals surface area contributed by atoms with E-state index in [4.69, 9.17) is 0 Å². The van der Waals surface area contributed by atoms with Gasteiger partial charge in [0.25, 0.3) is 0 Å². The van der Waals surface area contributed by atoms with Gasteiger partial charge in [-0.2, -0.15) is 5.26 Å². The average molecular weight is 289 g/mol. The fraction of sp³-hybridized carbons (Fsp3) is 0.222. The summed E-state index contributed by atoms with van der Waals surface area (Å²) in [5.41, 5.74) is 4.39. The Morgan fingerprint density at radius 1 is 1.27 bits per heavy atom. The van der Waals surface area contributed by atoms with Crippen molar-refractivity contribution in [1.82, 2.24) is 9.97 Å². The second kappa shape index (κ2) is 4.88. The van der Waals surface area contributed by atoms with E-state index < -0.39 is 0 Å². The molecule has 2 N–H and O–H groups in total. The number of fused-ring (bicyclic) bond motifs is 1. The average Bonchev–Trinajstić information content (AvgIpc) is 2.88. The van der Waals surface area contributed by atoms with Crippen molar-refractivity contribution in [2.24, 2.45) is 0 Å². The fourth-order valence-corrected chi connectivity index (χ4v) is 3.10. The minimum atomic E-state index is 0.103. The van der Waals surface area contributed by atoms with Crippen LogP contribution in [0.3, 0.4) is 0 Å². The van der Waals surface area contributed by atoms with Crippen LogP contribution >= 0.6 is 0 Å². The monoisotopic (exact) mass is 289 g/mol. The minimum absolute atomic E-state index is 0.103. The summed E-state index contributed by atoms with van der Waals surface area (Å²) in [4.78, 5) is 7.73. The van der Waals surface area contributed by atoms with Gasteiger partial charge in [-0.1, -0.05) is 6.42 Å². The molecular weight excluding hydrogens is 274 g/mol. The highest BCUT2D eigenvalue weighted by molar-refractivity contribution is 5.86. The molecule has 4 heteroatoms. The smallest absolute Gasteiger partial charge is 0.137 e. The summed E-state index contributed by atoms with van der Waals surface area (Å²) in [5, 5.41) is 20.0. The molecule has 3 aromatic rings. The molecule has 1 aromatic carbocycles. The largest absolute Gasteiger partial charge is 0.508 e. The Kier molecular flexibility index (Phi) is 2.87. The number of nitriles is 1. The first-order chi connectivity index (χ1) is 10.8. The van der Waals surface area contributed by atoms with Crippen LogP contribution in [0.1, 0.15) is 36.3 Å². The molecule has 0 amide bonds. The fourth-order valence-electron chi connectivity index (χ4n) is 3.10. The van der Waals surface area contributed by atoms with Crippen LogP contribution in [0.5, 0.6) is 5.75 Å². The Bertz CT molecular complexity index is 900. The predicted octanol–water partition coefficient (Wildman–Crippen LogP) is 4.07. The van der Waals surface area contributed by atoms with Crippen LogP contribution < -0.4 is 0 Å². The Morgan fingerprint density at radius 2 is 2.14 bits per heavy atom. The highest BCUT2D eigenvalue weighted by Gasteiger charge is 2.23. The third-order valence-corrected chi connectivity index (χ3v) is 4.54. The van der Waals surface area contributed by atoms with Gasteiger partial charge in [0, 0.05) is 28.9 Å². The Labute approximate surface area is 128 Å². The van der Waals surface area contributed by atoms with Gasteiger partial charge in [-0.15, -0.1) is 0 Å². The molecule has 1 aliphatic rings. The molecule has 1 fully saturated rings. The van der Waals surface area contributed by atoms with Crippen molar-refractivity contribution >= 4 is 11.0 Å². The first-order valence-corrected chi connectivity index (χ1v) is 7.47. The summed E-state index contributed by atoms with van der Waals surface area (Å²) in [6.07, 6.45) is 7.60. The molecule has 0 spiro atoms. The molecule has 0 saturated heterocycles. The van der Waals surface area contributed by atoms with Crippen molar-refractivity contribution in [3.63, 3.8) is 0 Å². The first kappa shape index (κ1) is 12.9. The molecule has 108 valence electrons. The van der Waals surface area contributed by atoms with Crippen molar-refractivity contribution in [2.75, 3.05) is 0 Å². The number of pyridine rings is 1. The van der Waals surface area contributed by atoms with Gasteiger partial charge >= 0.3 is 0 Å². The van der Waals surface area contributed by atoms with E-state index in [9.17, 15) is 10.4 Å². The zero-order valence-electron chi connectivity index (χ0n) is 12.0. The lowest BCUT2D eigenvalue weighted by Gasteiger charge is -2.24. The molecule has 2 heterocycles. The summed E-state index contributed by atoms with van der Waals surface area (Å²) in [6.45, 7) is 0. The Morgan fingerprint density at radius 3 is 2.86 bits per heavy atom. The van der Waals surface area contributed by atoms with E-state index in [1.165, 1.54) is 30.9 Å². The molecule has 0 aliphatic heterocycles. The van der Waals surface area contributed by atoms with Gasteiger partial charge in [-0.05, 0) is 48.6 Å². The topological polar surface area (TPSA) is 72.7 Å². The minimum Gasteiger partial charge on any atom is -0.508 e. The van der Waals surface area contributed by atoms with Crippen LogP contribution in [0.15, 0.2) is 36.7 Å². The number of rotatable bonds is 2. The standard InChI is InChI=1S/C18H15N3O/c19-8-12-6-14(22)4-5-15(12)13-7-16-17(11-2-1-3-11)10-21-18(16)20-9-13/h4-7,9-11,22H,1-3H2,(H,20,21). The van der Waals surface area contributed by atoms with Crippen LogP contribution in [0, 0.1) is 11.3 Å². The van der Waals surface area contributed by atoms with Gasteiger partial charge < -0.3 is 10.1 Å². The van der Waals surface area contributed by atoms with E-state index in [1.807, 2.05) is 0 Å². The number of nitrogens with one attached hydrogen (secondary N) is 1. The maximum absolute atomic E-state index is 9.54.